The van der Waals surface area contributed by atoms with E-state index in [2.05, 4.69) is 10.5 Å². The summed E-state index contributed by atoms with van der Waals surface area (Å²) in [5.41, 5.74) is 8.33. The summed E-state index contributed by atoms with van der Waals surface area (Å²) >= 11 is 0. The molecule has 0 aliphatic rings. The van der Waals surface area contributed by atoms with Crippen molar-refractivity contribution >= 4 is 17.2 Å². The van der Waals surface area contributed by atoms with E-state index in [1.165, 1.54) is 0 Å². The van der Waals surface area contributed by atoms with Crippen LogP contribution in [0.2, 0.25) is 0 Å². The van der Waals surface area contributed by atoms with Gasteiger partial charge >= 0.3 is 0 Å². The first kappa shape index (κ1) is 15.5. The van der Waals surface area contributed by atoms with Gasteiger partial charge in [-0.05, 0) is 24.3 Å². The second kappa shape index (κ2) is 8.50. The van der Waals surface area contributed by atoms with Crippen molar-refractivity contribution < 1.29 is 9.47 Å². The van der Waals surface area contributed by atoms with Gasteiger partial charge in [0.25, 0.3) is 0 Å². The predicted molar refractivity (Wildman–Crippen MR) is 77.0 cm³/mol. The lowest BCUT2D eigenvalue weighted by Gasteiger charge is -2.06. The summed E-state index contributed by atoms with van der Waals surface area (Å²) < 4.78 is 10.4. The normalized spacial score (nSPS) is 10.7. The first-order valence-corrected chi connectivity index (χ1v) is 5.97. The minimum absolute atomic E-state index is 0.162. The van der Waals surface area contributed by atoms with Crippen LogP contribution < -0.4 is 15.9 Å². The molecule has 0 fully saturated rings. The van der Waals surface area contributed by atoms with Crippen molar-refractivity contribution in [3.63, 3.8) is 0 Å². The number of rotatable bonds is 8. The summed E-state index contributed by atoms with van der Waals surface area (Å²) in [6.07, 6.45) is 0.824. The fraction of sp³-hybridized carbons (Fsp3) is 0.308. The van der Waals surface area contributed by atoms with Crippen LogP contribution >= 0.6 is 0 Å². The minimum Gasteiger partial charge on any atom is -0.494 e. The van der Waals surface area contributed by atoms with E-state index in [4.69, 9.17) is 25.9 Å². The van der Waals surface area contributed by atoms with Crippen molar-refractivity contribution in [2.24, 2.45) is 10.8 Å². The summed E-state index contributed by atoms with van der Waals surface area (Å²) in [6.45, 7) is 1.25. The Labute approximate surface area is 117 Å². The summed E-state index contributed by atoms with van der Waals surface area (Å²) in [5, 5.41) is 19.5. The largest absolute Gasteiger partial charge is 0.494 e. The number of nitrogens with one attached hydrogen (secondary N) is 2. The van der Waals surface area contributed by atoms with Gasteiger partial charge in [0, 0.05) is 20.1 Å². The standard InChI is InChI=1S/C13H17N5O2/c1-19-7-2-8-20-11-5-3-10(4-6-11)17-18-12(9-14)13(15)16/h3-6,17H,2,7-8H2,1H3,(H3,15,16)/b18-12+. The highest BCUT2D eigenvalue weighted by Crippen LogP contribution is 2.15. The molecule has 1 rings (SSSR count). The van der Waals surface area contributed by atoms with Crippen molar-refractivity contribution in [3.05, 3.63) is 24.3 Å². The Morgan fingerprint density at radius 3 is 2.65 bits per heavy atom. The van der Waals surface area contributed by atoms with Crippen molar-refractivity contribution in [3.8, 4) is 11.8 Å². The molecule has 0 heterocycles. The van der Waals surface area contributed by atoms with Crippen LogP contribution in [-0.4, -0.2) is 31.9 Å². The number of hydrogen-bond donors (Lipinski definition) is 3. The Hall–Kier alpha value is -2.59. The maximum Gasteiger partial charge on any atom is 0.201 e. The molecule has 0 atom stereocenters. The van der Waals surface area contributed by atoms with E-state index in [-0.39, 0.29) is 11.5 Å². The monoisotopic (exact) mass is 275 g/mol. The van der Waals surface area contributed by atoms with Gasteiger partial charge in [-0.2, -0.15) is 10.4 Å². The van der Waals surface area contributed by atoms with Gasteiger partial charge in [-0.25, -0.2) is 0 Å². The topological polar surface area (TPSA) is 117 Å². The molecule has 0 bridgehead atoms. The first-order chi connectivity index (χ1) is 9.67. The number of methoxy groups -OCH3 is 1. The van der Waals surface area contributed by atoms with Gasteiger partial charge in [0.2, 0.25) is 5.71 Å². The Balaban J connectivity index is 2.50. The van der Waals surface area contributed by atoms with E-state index in [1.807, 2.05) is 0 Å². The number of benzene rings is 1. The number of nitrogens with two attached hydrogens (primary N) is 1. The smallest absolute Gasteiger partial charge is 0.201 e. The maximum atomic E-state index is 8.69. The number of hydrazone groups is 1. The fourth-order valence-corrected chi connectivity index (χ4v) is 1.28. The molecule has 1 aromatic rings. The van der Waals surface area contributed by atoms with Gasteiger partial charge in [-0.15, -0.1) is 0 Å². The number of amidine groups is 1. The zero-order valence-electron chi connectivity index (χ0n) is 11.2. The maximum absolute atomic E-state index is 8.69. The van der Waals surface area contributed by atoms with Crippen LogP contribution in [0.4, 0.5) is 5.69 Å². The van der Waals surface area contributed by atoms with Gasteiger partial charge in [-0.3, -0.25) is 10.8 Å². The molecular weight excluding hydrogens is 258 g/mol. The molecule has 106 valence electrons. The van der Waals surface area contributed by atoms with Crippen LogP contribution in [0.25, 0.3) is 0 Å². The van der Waals surface area contributed by atoms with Crippen molar-refractivity contribution in [2.45, 2.75) is 6.42 Å². The third-order valence-corrected chi connectivity index (χ3v) is 2.27. The summed E-state index contributed by atoms with van der Waals surface area (Å²) in [4.78, 5) is 0. The van der Waals surface area contributed by atoms with Crippen LogP contribution in [0.5, 0.6) is 5.75 Å². The Kier molecular flexibility index (Phi) is 6.57. The molecule has 0 saturated carbocycles. The number of ether oxygens (including phenoxy) is 2. The third kappa shape index (κ3) is 5.37. The number of nitriles is 1. The van der Waals surface area contributed by atoms with Crippen LogP contribution in [0.1, 0.15) is 6.42 Å². The first-order valence-electron chi connectivity index (χ1n) is 5.97. The lowest BCUT2D eigenvalue weighted by Crippen LogP contribution is -2.21. The molecule has 0 aliphatic carbocycles. The number of hydrogen-bond acceptors (Lipinski definition) is 6. The Morgan fingerprint density at radius 2 is 2.10 bits per heavy atom. The Bertz CT molecular complexity index is 504. The molecule has 0 radical (unpaired) electrons. The van der Waals surface area contributed by atoms with Gasteiger partial charge in [0.15, 0.2) is 5.84 Å². The zero-order valence-corrected chi connectivity index (χ0v) is 11.2. The highest BCUT2D eigenvalue weighted by atomic mass is 16.5. The number of nitrogens with zero attached hydrogens (tertiary/aromatic N) is 2. The molecule has 7 nitrogen and oxygen atoms in total. The van der Waals surface area contributed by atoms with Gasteiger partial charge in [-0.1, -0.05) is 0 Å². The van der Waals surface area contributed by atoms with Gasteiger partial charge in [0.1, 0.15) is 11.8 Å². The molecule has 0 aromatic heterocycles. The average molecular weight is 275 g/mol. The van der Waals surface area contributed by atoms with Crippen molar-refractivity contribution in [2.75, 3.05) is 25.7 Å². The van der Waals surface area contributed by atoms with E-state index in [1.54, 1.807) is 37.4 Å². The second-order valence-electron chi connectivity index (χ2n) is 3.82. The summed E-state index contributed by atoms with van der Waals surface area (Å²) in [7, 11) is 1.65. The third-order valence-electron chi connectivity index (χ3n) is 2.27. The lowest BCUT2D eigenvalue weighted by atomic mass is 10.3. The molecule has 1 aromatic carbocycles. The Morgan fingerprint density at radius 1 is 1.40 bits per heavy atom. The highest BCUT2D eigenvalue weighted by molar-refractivity contribution is 6.45. The van der Waals surface area contributed by atoms with E-state index >= 15 is 0 Å². The molecule has 0 aliphatic heterocycles. The van der Waals surface area contributed by atoms with Gasteiger partial charge < -0.3 is 15.2 Å². The molecule has 0 unspecified atom stereocenters. The summed E-state index contributed by atoms with van der Waals surface area (Å²) in [5.74, 6) is 0.362. The molecule has 0 spiro atoms. The van der Waals surface area contributed by atoms with Crippen LogP contribution in [0.15, 0.2) is 29.4 Å². The molecular formula is C13H17N5O2. The van der Waals surface area contributed by atoms with Crippen LogP contribution in [0, 0.1) is 16.7 Å². The molecule has 7 heteroatoms. The average Bonchev–Trinajstić information content (AvgIpc) is 2.45. The number of anilines is 1. The van der Waals surface area contributed by atoms with Gasteiger partial charge in [0.05, 0.1) is 12.3 Å². The minimum atomic E-state index is -0.377. The SMILES string of the molecule is COCCCOc1ccc(N/N=C(\C#N)C(=N)N)cc1. The van der Waals surface area contributed by atoms with E-state index in [0.717, 1.165) is 12.2 Å². The van der Waals surface area contributed by atoms with E-state index < -0.39 is 0 Å². The fourth-order valence-electron chi connectivity index (χ4n) is 1.28. The molecule has 4 N–H and O–H groups in total. The predicted octanol–water partition coefficient (Wildman–Crippen LogP) is 1.33. The zero-order chi connectivity index (χ0) is 14.8. The van der Waals surface area contributed by atoms with Crippen LogP contribution in [0.3, 0.4) is 0 Å². The molecule has 20 heavy (non-hydrogen) atoms. The van der Waals surface area contributed by atoms with Crippen molar-refractivity contribution in [1.29, 1.82) is 10.7 Å². The van der Waals surface area contributed by atoms with Crippen molar-refractivity contribution in [1.82, 2.24) is 0 Å². The summed E-state index contributed by atoms with van der Waals surface area (Å²) in [6, 6.07) is 8.80. The molecule has 0 amide bonds. The highest BCUT2D eigenvalue weighted by Gasteiger charge is 2.01. The lowest BCUT2D eigenvalue weighted by molar-refractivity contribution is 0.172. The quantitative estimate of drug-likeness (QED) is 0.286. The molecule has 0 saturated heterocycles. The van der Waals surface area contributed by atoms with E-state index in [9.17, 15) is 0 Å². The van der Waals surface area contributed by atoms with Crippen LogP contribution in [-0.2, 0) is 4.74 Å². The second-order valence-corrected chi connectivity index (χ2v) is 3.82. The van der Waals surface area contributed by atoms with E-state index in [0.29, 0.717) is 18.9 Å².